The van der Waals surface area contributed by atoms with Crippen LogP contribution in [0.4, 0.5) is 0 Å². The van der Waals surface area contributed by atoms with E-state index >= 15 is 0 Å². The molecule has 11 aromatic rings. The number of benzene rings is 8. The SMILES string of the molecule is c1ccc(-c2cccc(-c3ccc(-c4nc(-c5ccc6c(c5)oc5ccccc56)nc(-c5ccc6c7ccccc7n(-c7ccccc7)c6c5)n4)cc3)c2)cc1. The van der Waals surface area contributed by atoms with Gasteiger partial charge in [-0.1, -0.05) is 146 Å². The number of furan rings is 1. The van der Waals surface area contributed by atoms with Gasteiger partial charge in [0.1, 0.15) is 11.2 Å². The van der Waals surface area contributed by atoms with Gasteiger partial charge in [-0.25, -0.2) is 15.0 Å². The highest BCUT2D eigenvalue weighted by Crippen LogP contribution is 2.36. The fourth-order valence-electron chi connectivity index (χ4n) is 7.91. The van der Waals surface area contributed by atoms with Gasteiger partial charge in [-0.3, -0.25) is 0 Å². The number of nitrogens with zero attached hydrogens (tertiary/aromatic N) is 4. The topological polar surface area (TPSA) is 56.7 Å². The maximum atomic E-state index is 6.29. The highest BCUT2D eigenvalue weighted by atomic mass is 16.3. The Morgan fingerprint density at radius 2 is 0.804 bits per heavy atom. The minimum absolute atomic E-state index is 0.579. The second-order valence-corrected chi connectivity index (χ2v) is 14.1. The average molecular weight is 717 g/mol. The Hall–Kier alpha value is -7.63. The fraction of sp³-hybridized carbons (Fsp3) is 0. The minimum atomic E-state index is 0.579. The zero-order chi connectivity index (χ0) is 37.0. The van der Waals surface area contributed by atoms with Gasteiger partial charge in [0.25, 0.3) is 0 Å². The number of rotatable bonds is 6. The van der Waals surface area contributed by atoms with Crippen LogP contribution >= 0.6 is 0 Å². The molecule has 0 bridgehead atoms. The Morgan fingerprint density at radius 1 is 0.304 bits per heavy atom. The quantitative estimate of drug-likeness (QED) is 0.172. The van der Waals surface area contributed by atoms with Crippen molar-refractivity contribution in [2.24, 2.45) is 0 Å². The molecule has 0 N–H and O–H groups in total. The van der Waals surface area contributed by atoms with Crippen molar-refractivity contribution < 1.29 is 4.42 Å². The maximum Gasteiger partial charge on any atom is 0.164 e. The molecule has 11 rings (SSSR count). The molecule has 0 aliphatic carbocycles. The molecule has 0 saturated heterocycles. The number of hydrogen-bond acceptors (Lipinski definition) is 4. The molecule has 0 aliphatic heterocycles. The van der Waals surface area contributed by atoms with E-state index in [4.69, 9.17) is 19.4 Å². The smallest absolute Gasteiger partial charge is 0.164 e. The third-order valence-corrected chi connectivity index (χ3v) is 10.7. The lowest BCUT2D eigenvalue weighted by Crippen LogP contribution is -2.00. The molecule has 0 unspecified atom stereocenters. The van der Waals surface area contributed by atoms with E-state index in [0.717, 1.165) is 66.5 Å². The van der Waals surface area contributed by atoms with E-state index < -0.39 is 0 Å². The molecule has 5 nitrogen and oxygen atoms in total. The van der Waals surface area contributed by atoms with Gasteiger partial charge in [-0.15, -0.1) is 0 Å². The van der Waals surface area contributed by atoms with Crippen LogP contribution in [0.15, 0.2) is 199 Å². The summed E-state index contributed by atoms with van der Waals surface area (Å²) in [5.74, 6) is 1.78. The second-order valence-electron chi connectivity index (χ2n) is 14.1. The lowest BCUT2D eigenvalue weighted by molar-refractivity contribution is 0.669. The molecule has 3 heterocycles. The summed E-state index contributed by atoms with van der Waals surface area (Å²) in [6.07, 6.45) is 0. The van der Waals surface area contributed by atoms with Crippen molar-refractivity contribution in [1.82, 2.24) is 19.5 Å². The second kappa shape index (κ2) is 13.0. The number of aromatic nitrogens is 4. The van der Waals surface area contributed by atoms with Crippen molar-refractivity contribution in [1.29, 1.82) is 0 Å². The number of hydrogen-bond donors (Lipinski definition) is 0. The van der Waals surface area contributed by atoms with E-state index in [-0.39, 0.29) is 0 Å². The summed E-state index contributed by atoms with van der Waals surface area (Å²) in [6, 6.07) is 67.5. The Kier molecular flexibility index (Phi) is 7.42. The van der Waals surface area contributed by atoms with Gasteiger partial charge in [-0.2, -0.15) is 0 Å². The number of fused-ring (bicyclic) bond motifs is 6. The van der Waals surface area contributed by atoms with Crippen molar-refractivity contribution in [2.45, 2.75) is 0 Å². The Balaban J connectivity index is 1.06. The summed E-state index contributed by atoms with van der Waals surface area (Å²) in [5.41, 5.74) is 12.3. The molecule has 8 aromatic carbocycles. The van der Waals surface area contributed by atoms with Crippen molar-refractivity contribution in [3.8, 4) is 62.1 Å². The lowest BCUT2D eigenvalue weighted by atomic mass is 9.98. The fourth-order valence-corrected chi connectivity index (χ4v) is 7.91. The first-order valence-corrected chi connectivity index (χ1v) is 18.8. The Bertz CT molecular complexity index is 3240. The van der Waals surface area contributed by atoms with Crippen molar-refractivity contribution in [3.63, 3.8) is 0 Å². The first-order valence-electron chi connectivity index (χ1n) is 18.8. The van der Waals surface area contributed by atoms with Crippen LogP contribution in [0.3, 0.4) is 0 Å². The summed E-state index contributed by atoms with van der Waals surface area (Å²) in [4.78, 5) is 15.4. The van der Waals surface area contributed by atoms with Crippen molar-refractivity contribution >= 4 is 43.7 Å². The van der Waals surface area contributed by atoms with E-state index in [1.54, 1.807) is 0 Å². The highest BCUT2D eigenvalue weighted by Gasteiger charge is 2.18. The molecule has 0 aliphatic rings. The highest BCUT2D eigenvalue weighted by molar-refractivity contribution is 6.10. The molecule has 0 atom stereocenters. The van der Waals surface area contributed by atoms with Crippen LogP contribution in [0, 0.1) is 0 Å². The van der Waals surface area contributed by atoms with Gasteiger partial charge in [0.15, 0.2) is 17.5 Å². The number of para-hydroxylation sites is 3. The van der Waals surface area contributed by atoms with E-state index in [0.29, 0.717) is 17.5 Å². The van der Waals surface area contributed by atoms with E-state index in [2.05, 4.69) is 162 Å². The van der Waals surface area contributed by atoms with Crippen molar-refractivity contribution in [2.75, 3.05) is 0 Å². The third kappa shape index (κ3) is 5.45. The van der Waals surface area contributed by atoms with Gasteiger partial charge in [0.2, 0.25) is 0 Å². The molecule has 262 valence electrons. The van der Waals surface area contributed by atoms with Gasteiger partial charge >= 0.3 is 0 Å². The zero-order valence-electron chi connectivity index (χ0n) is 30.2. The van der Waals surface area contributed by atoms with Crippen LogP contribution in [0.5, 0.6) is 0 Å². The molecule has 56 heavy (non-hydrogen) atoms. The van der Waals surface area contributed by atoms with Crippen LogP contribution in [0.2, 0.25) is 0 Å². The van der Waals surface area contributed by atoms with E-state index in [1.807, 2.05) is 36.4 Å². The lowest BCUT2D eigenvalue weighted by Gasteiger charge is -2.11. The average Bonchev–Trinajstić information content (AvgIpc) is 3.82. The summed E-state index contributed by atoms with van der Waals surface area (Å²) < 4.78 is 8.61. The van der Waals surface area contributed by atoms with Gasteiger partial charge < -0.3 is 8.98 Å². The summed E-state index contributed by atoms with van der Waals surface area (Å²) >= 11 is 0. The van der Waals surface area contributed by atoms with Gasteiger partial charge in [0, 0.05) is 43.9 Å². The molecule has 5 heteroatoms. The molecular weight excluding hydrogens is 685 g/mol. The third-order valence-electron chi connectivity index (χ3n) is 10.7. The predicted molar refractivity (Wildman–Crippen MR) is 229 cm³/mol. The molecule has 0 spiro atoms. The molecule has 0 saturated carbocycles. The molecule has 0 radical (unpaired) electrons. The molecule has 0 fully saturated rings. The monoisotopic (exact) mass is 716 g/mol. The summed E-state index contributed by atoms with van der Waals surface area (Å²) in [6.45, 7) is 0. The van der Waals surface area contributed by atoms with Gasteiger partial charge in [-0.05, 0) is 70.8 Å². The summed E-state index contributed by atoms with van der Waals surface area (Å²) in [5, 5.41) is 4.51. The molecule has 0 amide bonds. The van der Waals surface area contributed by atoms with Gasteiger partial charge in [0.05, 0.1) is 11.0 Å². The Labute approximate surface area is 322 Å². The van der Waals surface area contributed by atoms with Crippen LogP contribution < -0.4 is 0 Å². The summed E-state index contributed by atoms with van der Waals surface area (Å²) in [7, 11) is 0. The largest absolute Gasteiger partial charge is 0.456 e. The first-order chi connectivity index (χ1) is 27.7. The minimum Gasteiger partial charge on any atom is -0.456 e. The van der Waals surface area contributed by atoms with Crippen LogP contribution in [-0.2, 0) is 0 Å². The normalized spacial score (nSPS) is 11.6. The molecular formula is C51H32N4O. The zero-order valence-corrected chi connectivity index (χ0v) is 30.2. The van der Waals surface area contributed by atoms with Crippen LogP contribution in [-0.4, -0.2) is 19.5 Å². The molecule has 3 aromatic heterocycles. The standard InChI is InChI=1S/C51H32N4O/c1-3-12-33(13-4-1)36-14-11-15-37(30-36)34-22-24-35(25-23-34)49-52-50(54-51(53-49)39-27-29-44-43-19-8-10-21-47(43)56-48(44)32-39)38-26-28-42-41-18-7-9-20-45(41)55(46(42)31-38)40-16-5-2-6-17-40/h1-32H. The van der Waals surface area contributed by atoms with E-state index in [1.165, 1.54) is 21.9 Å². The first kappa shape index (κ1) is 31.9. The predicted octanol–water partition coefficient (Wildman–Crippen LogP) is 13.2. The Morgan fingerprint density at radius 3 is 1.55 bits per heavy atom. The van der Waals surface area contributed by atoms with E-state index in [9.17, 15) is 0 Å². The van der Waals surface area contributed by atoms with Crippen LogP contribution in [0.25, 0.3) is 106 Å². The maximum absolute atomic E-state index is 6.29. The van der Waals surface area contributed by atoms with Crippen molar-refractivity contribution in [3.05, 3.63) is 194 Å². The van der Waals surface area contributed by atoms with Crippen LogP contribution in [0.1, 0.15) is 0 Å².